The monoisotopic (exact) mass is 254 g/mol. The molecule has 0 saturated heterocycles. The Bertz CT molecular complexity index is 312. The number of hydrogen-bond acceptors (Lipinski definition) is 4. The Balaban J connectivity index is 2.22. The summed E-state index contributed by atoms with van der Waals surface area (Å²) in [6.07, 6.45) is 3.91. The smallest absolute Gasteiger partial charge is 0.140 e. The quantitative estimate of drug-likeness (QED) is 0.647. The lowest BCUT2D eigenvalue weighted by Gasteiger charge is -2.09. The molecular weight excluding hydrogens is 228 g/mol. The molecule has 104 valence electrons. The Morgan fingerprint density at radius 3 is 2.94 bits per heavy atom. The molecule has 0 aliphatic heterocycles. The van der Waals surface area contributed by atoms with Crippen molar-refractivity contribution in [2.24, 2.45) is 5.92 Å². The minimum absolute atomic E-state index is 0.652. The third-order valence-corrected chi connectivity index (χ3v) is 2.62. The minimum Gasteiger partial charge on any atom is -0.380 e. The Kier molecular flexibility index (Phi) is 7.60. The van der Waals surface area contributed by atoms with Crippen LogP contribution in [0.25, 0.3) is 0 Å². The summed E-state index contributed by atoms with van der Waals surface area (Å²) < 4.78 is 7.45. The van der Waals surface area contributed by atoms with E-state index in [1.54, 1.807) is 6.33 Å². The second-order valence-corrected chi connectivity index (χ2v) is 4.89. The summed E-state index contributed by atoms with van der Waals surface area (Å²) in [6, 6.07) is 0. The molecule has 0 radical (unpaired) electrons. The maximum Gasteiger partial charge on any atom is 0.140 e. The maximum absolute atomic E-state index is 5.54. The fourth-order valence-corrected chi connectivity index (χ4v) is 1.58. The topological polar surface area (TPSA) is 52.0 Å². The van der Waals surface area contributed by atoms with Crippen LogP contribution in [0.5, 0.6) is 0 Å². The van der Waals surface area contributed by atoms with Crippen molar-refractivity contribution in [1.29, 1.82) is 0 Å². The van der Waals surface area contributed by atoms with Crippen molar-refractivity contribution >= 4 is 0 Å². The first-order valence-electron chi connectivity index (χ1n) is 6.89. The van der Waals surface area contributed by atoms with Gasteiger partial charge >= 0.3 is 0 Å². The van der Waals surface area contributed by atoms with Gasteiger partial charge in [0.15, 0.2) is 0 Å². The molecule has 0 unspecified atom stereocenters. The molecule has 1 aromatic rings. The summed E-state index contributed by atoms with van der Waals surface area (Å²) in [7, 11) is 0. The molecule has 0 bridgehead atoms. The SMILES string of the molecule is CCCCOCCn1ncnc1CNCC(C)C. The average molecular weight is 254 g/mol. The lowest BCUT2D eigenvalue weighted by molar-refractivity contribution is 0.120. The molecule has 0 spiro atoms. The lowest BCUT2D eigenvalue weighted by Crippen LogP contribution is -2.22. The molecule has 0 fully saturated rings. The number of hydrogen-bond donors (Lipinski definition) is 1. The van der Waals surface area contributed by atoms with Gasteiger partial charge in [-0.15, -0.1) is 0 Å². The summed E-state index contributed by atoms with van der Waals surface area (Å²) in [4.78, 5) is 4.26. The van der Waals surface area contributed by atoms with Crippen LogP contribution in [0.15, 0.2) is 6.33 Å². The van der Waals surface area contributed by atoms with Crippen LogP contribution in [0.3, 0.4) is 0 Å². The van der Waals surface area contributed by atoms with Gasteiger partial charge in [-0.2, -0.15) is 5.10 Å². The zero-order valence-electron chi connectivity index (χ0n) is 11.9. The molecule has 0 amide bonds. The van der Waals surface area contributed by atoms with Crippen LogP contribution in [0.2, 0.25) is 0 Å². The number of nitrogens with zero attached hydrogens (tertiary/aromatic N) is 3. The van der Waals surface area contributed by atoms with Crippen LogP contribution in [0.1, 0.15) is 39.4 Å². The first kappa shape index (κ1) is 15.1. The van der Waals surface area contributed by atoms with Crippen LogP contribution in [-0.4, -0.2) is 34.5 Å². The predicted molar refractivity (Wildman–Crippen MR) is 72.3 cm³/mol. The number of ether oxygens (including phenoxy) is 1. The zero-order chi connectivity index (χ0) is 13.2. The fraction of sp³-hybridized carbons (Fsp3) is 0.846. The van der Waals surface area contributed by atoms with Crippen molar-refractivity contribution in [1.82, 2.24) is 20.1 Å². The molecule has 0 aromatic carbocycles. The van der Waals surface area contributed by atoms with Gasteiger partial charge in [0.05, 0.1) is 19.7 Å². The highest BCUT2D eigenvalue weighted by atomic mass is 16.5. The molecule has 5 nitrogen and oxygen atoms in total. The average Bonchev–Trinajstić information content (AvgIpc) is 2.76. The minimum atomic E-state index is 0.652. The van der Waals surface area contributed by atoms with E-state index in [0.29, 0.717) is 12.5 Å². The van der Waals surface area contributed by atoms with E-state index in [9.17, 15) is 0 Å². The van der Waals surface area contributed by atoms with E-state index < -0.39 is 0 Å². The first-order valence-corrected chi connectivity index (χ1v) is 6.89. The van der Waals surface area contributed by atoms with Gasteiger partial charge in [0.25, 0.3) is 0 Å². The molecule has 1 rings (SSSR count). The Morgan fingerprint density at radius 2 is 2.22 bits per heavy atom. The van der Waals surface area contributed by atoms with E-state index in [0.717, 1.165) is 38.5 Å². The van der Waals surface area contributed by atoms with Crippen LogP contribution >= 0.6 is 0 Å². The van der Waals surface area contributed by atoms with E-state index in [1.807, 2.05) is 4.68 Å². The van der Waals surface area contributed by atoms with Gasteiger partial charge in [0.1, 0.15) is 12.2 Å². The summed E-state index contributed by atoms with van der Waals surface area (Å²) in [6.45, 7) is 10.7. The third-order valence-electron chi connectivity index (χ3n) is 2.62. The molecule has 5 heteroatoms. The highest BCUT2D eigenvalue weighted by Gasteiger charge is 2.04. The highest BCUT2D eigenvalue weighted by Crippen LogP contribution is 1.96. The summed E-state index contributed by atoms with van der Waals surface area (Å²) in [5.41, 5.74) is 0. The normalized spacial score (nSPS) is 11.3. The maximum atomic E-state index is 5.54. The molecule has 0 saturated carbocycles. The van der Waals surface area contributed by atoms with Crippen LogP contribution in [0.4, 0.5) is 0 Å². The van der Waals surface area contributed by atoms with Gasteiger partial charge in [-0.1, -0.05) is 27.2 Å². The Morgan fingerprint density at radius 1 is 1.39 bits per heavy atom. The molecular formula is C13H26N4O. The van der Waals surface area contributed by atoms with E-state index in [1.165, 1.54) is 6.42 Å². The van der Waals surface area contributed by atoms with Crippen LogP contribution in [-0.2, 0) is 17.8 Å². The first-order chi connectivity index (χ1) is 8.74. The summed E-state index contributed by atoms with van der Waals surface area (Å²) in [5.74, 6) is 1.63. The summed E-state index contributed by atoms with van der Waals surface area (Å²) >= 11 is 0. The van der Waals surface area contributed by atoms with Gasteiger partial charge < -0.3 is 10.1 Å². The van der Waals surface area contributed by atoms with Gasteiger partial charge in [-0.05, 0) is 18.9 Å². The molecule has 18 heavy (non-hydrogen) atoms. The van der Waals surface area contributed by atoms with E-state index in [-0.39, 0.29) is 0 Å². The van der Waals surface area contributed by atoms with E-state index in [4.69, 9.17) is 4.74 Å². The Labute approximate surface area is 110 Å². The molecule has 1 heterocycles. The molecule has 0 aliphatic carbocycles. The number of nitrogens with one attached hydrogen (secondary N) is 1. The number of aromatic nitrogens is 3. The third kappa shape index (κ3) is 6.12. The standard InChI is InChI=1S/C13H26N4O/c1-4-5-7-18-8-6-17-13(15-11-16-17)10-14-9-12(2)3/h11-12,14H,4-10H2,1-3H3. The number of unbranched alkanes of at least 4 members (excludes halogenated alkanes) is 1. The van der Waals surface area contributed by atoms with Crippen LogP contribution < -0.4 is 5.32 Å². The van der Waals surface area contributed by atoms with Gasteiger partial charge in [-0.25, -0.2) is 9.67 Å². The molecule has 1 N–H and O–H groups in total. The Hall–Kier alpha value is -0.940. The van der Waals surface area contributed by atoms with Gasteiger partial charge in [0.2, 0.25) is 0 Å². The summed E-state index contributed by atoms with van der Waals surface area (Å²) in [5, 5.41) is 7.59. The van der Waals surface area contributed by atoms with Crippen molar-refractivity contribution in [3.05, 3.63) is 12.2 Å². The lowest BCUT2D eigenvalue weighted by atomic mass is 10.2. The molecule has 0 atom stereocenters. The second-order valence-electron chi connectivity index (χ2n) is 4.89. The van der Waals surface area contributed by atoms with Crippen molar-refractivity contribution < 1.29 is 4.74 Å². The van der Waals surface area contributed by atoms with Crippen molar-refractivity contribution in [2.45, 2.75) is 46.7 Å². The highest BCUT2D eigenvalue weighted by molar-refractivity contribution is 4.83. The zero-order valence-corrected chi connectivity index (χ0v) is 11.9. The van der Waals surface area contributed by atoms with Crippen LogP contribution in [0, 0.1) is 5.92 Å². The number of rotatable bonds is 10. The van der Waals surface area contributed by atoms with Gasteiger partial charge in [-0.3, -0.25) is 0 Å². The fourth-order valence-electron chi connectivity index (χ4n) is 1.58. The van der Waals surface area contributed by atoms with Gasteiger partial charge in [0, 0.05) is 6.61 Å². The largest absolute Gasteiger partial charge is 0.380 e. The predicted octanol–water partition coefficient (Wildman–Crippen LogP) is 1.84. The van der Waals surface area contributed by atoms with E-state index >= 15 is 0 Å². The van der Waals surface area contributed by atoms with Crippen molar-refractivity contribution in [3.63, 3.8) is 0 Å². The molecule has 0 aliphatic rings. The van der Waals surface area contributed by atoms with E-state index in [2.05, 4.69) is 36.2 Å². The van der Waals surface area contributed by atoms with Crippen molar-refractivity contribution in [3.8, 4) is 0 Å². The van der Waals surface area contributed by atoms with Crippen molar-refractivity contribution in [2.75, 3.05) is 19.8 Å². The second kappa shape index (κ2) is 9.05. The molecule has 1 aromatic heterocycles.